The predicted molar refractivity (Wildman–Crippen MR) is 53.1 cm³/mol. The molecule has 2 nitrogen and oxygen atoms in total. The average Bonchev–Trinajstić information content (AvgIpc) is 2.23. The van der Waals surface area contributed by atoms with Crippen molar-refractivity contribution in [2.45, 2.75) is 19.4 Å². The highest BCUT2D eigenvalue weighted by atomic mass is 19.2. The number of benzene rings is 1. The second-order valence-corrected chi connectivity index (χ2v) is 3.30. The highest BCUT2D eigenvalue weighted by molar-refractivity contribution is 5.18. The third-order valence-electron chi connectivity index (χ3n) is 2.04. The van der Waals surface area contributed by atoms with Gasteiger partial charge in [0.05, 0.1) is 12.1 Å². The summed E-state index contributed by atoms with van der Waals surface area (Å²) in [5, 5.41) is 11.4. The van der Waals surface area contributed by atoms with Gasteiger partial charge in [-0.3, -0.25) is 0 Å². The van der Waals surface area contributed by atoms with Gasteiger partial charge in [0.2, 0.25) is 0 Å². The van der Waals surface area contributed by atoms with Gasteiger partial charge in [0.15, 0.2) is 11.6 Å². The molecule has 1 unspecified atom stereocenters. The van der Waals surface area contributed by atoms with Crippen molar-refractivity contribution in [3.8, 4) is 6.07 Å². The molecule has 0 aliphatic rings. The summed E-state index contributed by atoms with van der Waals surface area (Å²) in [4.78, 5) is 0. The van der Waals surface area contributed by atoms with E-state index in [9.17, 15) is 8.78 Å². The molecule has 0 fully saturated rings. The molecular formula is C11H12F2N2. The van der Waals surface area contributed by atoms with Gasteiger partial charge in [-0.05, 0) is 31.0 Å². The van der Waals surface area contributed by atoms with E-state index in [-0.39, 0.29) is 6.04 Å². The van der Waals surface area contributed by atoms with Crippen molar-refractivity contribution in [3.63, 3.8) is 0 Å². The number of nitrogens with zero attached hydrogens (tertiary/aromatic N) is 1. The summed E-state index contributed by atoms with van der Waals surface area (Å²) < 4.78 is 25.4. The molecule has 1 aromatic rings. The first-order valence-corrected chi connectivity index (χ1v) is 4.70. The fraction of sp³-hybridized carbons (Fsp3) is 0.364. The lowest BCUT2D eigenvalue weighted by molar-refractivity contribution is 0.506. The first-order valence-electron chi connectivity index (χ1n) is 4.70. The number of halogens is 2. The lowest BCUT2D eigenvalue weighted by atomic mass is 10.1. The van der Waals surface area contributed by atoms with E-state index in [1.165, 1.54) is 12.1 Å². The average molecular weight is 210 g/mol. The zero-order chi connectivity index (χ0) is 11.3. The Morgan fingerprint density at radius 3 is 2.73 bits per heavy atom. The lowest BCUT2D eigenvalue weighted by Gasteiger charge is -2.06. The van der Waals surface area contributed by atoms with Gasteiger partial charge in [-0.25, -0.2) is 8.78 Å². The Kier molecular flexibility index (Phi) is 4.19. The Balaban J connectivity index is 2.45. The number of nitrogens with one attached hydrogen (secondary N) is 1. The second-order valence-electron chi connectivity index (χ2n) is 3.30. The summed E-state index contributed by atoms with van der Waals surface area (Å²) in [6.07, 6.45) is 0.573. The highest BCUT2D eigenvalue weighted by Gasteiger charge is 2.03. The third kappa shape index (κ3) is 3.64. The number of nitriles is 1. The fourth-order valence-corrected chi connectivity index (χ4v) is 1.17. The Labute approximate surface area is 87.5 Å². The van der Waals surface area contributed by atoms with Crippen molar-refractivity contribution >= 4 is 0 Å². The van der Waals surface area contributed by atoms with Gasteiger partial charge in [0, 0.05) is 6.54 Å². The quantitative estimate of drug-likeness (QED) is 0.825. The van der Waals surface area contributed by atoms with E-state index < -0.39 is 11.6 Å². The van der Waals surface area contributed by atoms with Crippen LogP contribution in [-0.4, -0.2) is 12.6 Å². The van der Waals surface area contributed by atoms with Crippen molar-refractivity contribution < 1.29 is 8.78 Å². The summed E-state index contributed by atoms with van der Waals surface area (Å²) in [5.74, 6) is -1.67. The summed E-state index contributed by atoms with van der Waals surface area (Å²) in [6, 6.07) is 5.62. The van der Waals surface area contributed by atoms with Crippen LogP contribution in [0.4, 0.5) is 8.78 Å². The monoisotopic (exact) mass is 210 g/mol. The van der Waals surface area contributed by atoms with Crippen molar-refractivity contribution in [3.05, 3.63) is 35.4 Å². The third-order valence-corrected chi connectivity index (χ3v) is 2.04. The molecule has 1 atom stereocenters. The molecule has 0 heterocycles. The molecule has 0 saturated heterocycles. The van der Waals surface area contributed by atoms with Gasteiger partial charge in [-0.15, -0.1) is 0 Å². The molecular weight excluding hydrogens is 198 g/mol. The summed E-state index contributed by atoms with van der Waals surface area (Å²) in [6.45, 7) is 2.31. The van der Waals surface area contributed by atoms with Crippen LogP contribution in [0.15, 0.2) is 18.2 Å². The molecule has 1 N–H and O–H groups in total. The van der Waals surface area contributed by atoms with Crippen molar-refractivity contribution in [2.24, 2.45) is 0 Å². The smallest absolute Gasteiger partial charge is 0.159 e. The number of rotatable bonds is 4. The molecule has 15 heavy (non-hydrogen) atoms. The van der Waals surface area contributed by atoms with Gasteiger partial charge in [0.1, 0.15) is 0 Å². The summed E-state index contributed by atoms with van der Waals surface area (Å²) in [7, 11) is 0. The van der Waals surface area contributed by atoms with Crippen LogP contribution in [0.25, 0.3) is 0 Å². The van der Waals surface area contributed by atoms with Crippen LogP contribution in [0.3, 0.4) is 0 Å². The topological polar surface area (TPSA) is 35.8 Å². The van der Waals surface area contributed by atoms with Gasteiger partial charge >= 0.3 is 0 Å². The van der Waals surface area contributed by atoms with Crippen molar-refractivity contribution in [1.29, 1.82) is 5.26 Å². The Bertz CT molecular complexity index is 371. The minimum Gasteiger partial charge on any atom is -0.302 e. The SMILES string of the molecule is CC(C#N)NCCc1ccc(F)c(F)c1. The van der Waals surface area contributed by atoms with E-state index in [0.717, 1.165) is 6.07 Å². The zero-order valence-corrected chi connectivity index (χ0v) is 8.43. The maximum atomic E-state index is 12.8. The van der Waals surface area contributed by atoms with Crippen LogP contribution in [0.5, 0.6) is 0 Å². The van der Waals surface area contributed by atoms with E-state index >= 15 is 0 Å². The minimum atomic E-state index is -0.836. The number of hydrogen-bond donors (Lipinski definition) is 1. The molecule has 1 aromatic carbocycles. The molecule has 80 valence electrons. The van der Waals surface area contributed by atoms with Crippen LogP contribution < -0.4 is 5.32 Å². The summed E-state index contributed by atoms with van der Waals surface area (Å²) >= 11 is 0. The summed E-state index contributed by atoms with van der Waals surface area (Å²) in [5.41, 5.74) is 0.714. The van der Waals surface area contributed by atoms with E-state index in [0.29, 0.717) is 18.5 Å². The maximum Gasteiger partial charge on any atom is 0.159 e. The fourth-order valence-electron chi connectivity index (χ4n) is 1.17. The molecule has 0 amide bonds. The molecule has 0 radical (unpaired) electrons. The Morgan fingerprint density at radius 1 is 1.40 bits per heavy atom. The molecule has 0 bridgehead atoms. The molecule has 0 aromatic heterocycles. The molecule has 0 spiro atoms. The van der Waals surface area contributed by atoms with Gasteiger partial charge in [-0.1, -0.05) is 6.07 Å². The molecule has 0 aliphatic heterocycles. The van der Waals surface area contributed by atoms with Gasteiger partial charge < -0.3 is 5.32 Å². The Morgan fingerprint density at radius 2 is 2.13 bits per heavy atom. The minimum absolute atomic E-state index is 0.227. The lowest BCUT2D eigenvalue weighted by Crippen LogP contribution is -2.26. The normalized spacial score (nSPS) is 12.1. The maximum absolute atomic E-state index is 12.8. The Hall–Kier alpha value is -1.47. The zero-order valence-electron chi connectivity index (χ0n) is 8.43. The van der Waals surface area contributed by atoms with Crippen LogP contribution in [0, 0.1) is 23.0 Å². The first-order chi connectivity index (χ1) is 7.13. The molecule has 0 aliphatic carbocycles. The first kappa shape index (κ1) is 11.6. The van der Waals surface area contributed by atoms with E-state index in [4.69, 9.17) is 5.26 Å². The van der Waals surface area contributed by atoms with Gasteiger partial charge in [-0.2, -0.15) is 5.26 Å². The molecule has 0 saturated carbocycles. The van der Waals surface area contributed by atoms with Crippen LogP contribution in [0.2, 0.25) is 0 Å². The van der Waals surface area contributed by atoms with Crippen LogP contribution in [0.1, 0.15) is 12.5 Å². The predicted octanol–water partition coefficient (Wildman–Crippen LogP) is 2.01. The number of hydrogen-bond acceptors (Lipinski definition) is 2. The standard InChI is InChI=1S/C11H12F2N2/c1-8(7-14)15-5-4-9-2-3-10(12)11(13)6-9/h2-3,6,8,15H,4-5H2,1H3. The van der Waals surface area contributed by atoms with Crippen molar-refractivity contribution in [2.75, 3.05) is 6.54 Å². The van der Waals surface area contributed by atoms with E-state index in [2.05, 4.69) is 5.32 Å². The van der Waals surface area contributed by atoms with E-state index in [1.54, 1.807) is 6.92 Å². The molecule has 4 heteroatoms. The highest BCUT2D eigenvalue weighted by Crippen LogP contribution is 2.08. The van der Waals surface area contributed by atoms with Crippen LogP contribution in [-0.2, 0) is 6.42 Å². The van der Waals surface area contributed by atoms with E-state index in [1.807, 2.05) is 6.07 Å². The van der Waals surface area contributed by atoms with Crippen LogP contribution >= 0.6 is 0 Å². The van der Waals surface area contributed by atoms with Gasteiger partial charge in [0.25, 0.3) is 0 Å². The second kappa shape index (κ2) is 5.42. The molecule has 1 rings (SSSR count). The largest absolute Gasteiger partial charge is 0.302 e. The van der Waals surface area contributed by atoms with Crippen molar-refractivity contribution in [1.82, 2.24) is 5.32 Å².